The topological polar surface area (TPSA) is 87.1 Å². The number of azide groups is 1. The van der Waals surface area contributed by atoms with Gasteiger partial charge in [0.15, 0.2) is 0 Å². The molecule has 0 saturated heterocycles. The summed E-state index contributed by atoms with van der Waals surface area (Å²) in [7, 11) is 1.34. The average molecular weight is 319 g/mol. The van der Waals surface area contributed by atoms with Crippen LogP contribution in [0, 0.1) is 0 Å². The zero-order valence-corrected chi connectivity index (χ0v) is 11.5. The molecule has 1 N–H and O–H groups in total. The number of nitrogens with zero attached hydrogens (tertiary/aromatic N) is 3. The molecule has 0 aliphatic heterocycles. The van der Waals surface area contributed by atoms with Gasteiger partial charge in [0.05, 0.1) is 10.9 Å². The Labute approximate surface area is 111 Å². The van der Waals surface area contributed by atoms with Crippen molar-refractivity contribution in [3.8, 4) is 0 Å². The molecule has 1 unspecified atom stereocenters. The Hall–Kier alpha value is -1.08. The van der Waals surface area contributed by atoms with Gasteiger partial charge < -0.3 is 4.74 Å². The molecule has 17 heavy (non-hydrogen) atoms. The third kappa shape index (κ3) is 4.35. The Bertz CT molecular complexity index is 430. The summed E-state index contributed by atoms with van der Waals surface area (Å²) in [5.41, 5.74) is 8.14. The summed E-state index contributed by atoms with van der Waals surface area (Å²) < 4.78 is 5.66. The van der Waals surface area contributed by atoms with Crippen molar-refractivity contribution in [2.45, 2.75) is 6.04 Å². The Morgan fingerprint density at radius 1 is 1.76 bits per heavy atom. The summed E-state index contributed by atoms with van der Waals surface area (Å²) in [5, 5.41) is 6.37. The van der Waals surface area contributed by atoms with E-state index in [0.717, 1.165) is 8.66 Å². The number of hydrogen-bond donors (Lipinski definition) is 1. The molecule has 8 heteroatoms. The van der Waals surface area contributed by atoms with Crippen LogP contribution in [0.4, 0.5) is 0 Å². The van der Waals surface area contributed by atoms with Crippen LogP contribution in [-0.4, -0.2) is 26.2 Å². The highest BCUT2D eigenvalue weighted by atomic mass is 79.9. The lowest BCUT2D eigenvalue weighted by Crippen LogP contribution is -2.30. The van der Waals surface area contributed by atoms with Crippen LogP contribution in [0.15, 0.2) is 21.0 Å². The minimum absolute atomic E-state index is 0.288. The number of carbonyl (C=O) groups excluding carboxylic acids is 1. The first-order valence-electron chi connectivity index (χ1n) is 4.76. The second-order valence-electron chi connectivity index (χ2n) is 3.01. The van der Waals surface area contributed by atoms with Crippen molar-refractivity contribution in [3.05, 3.63) is 31.2 Å². The monoisotopic (exact) mass is 318 g/mol. The van der Waals surface area contributed by atoms with Crippen LogP contribution in [-0.2, 0) is 9.53 Å². The fourth-order valence-corrected chi connectivity index (χ4v) is 2.69. The lowest BCUT2D eigenvalue weighted by molar-refractivity contribution is -0.143. The van der Waals surface area contributed by atoms with E-state index in [4.69, 9.17) is 10.3 Å². The number of ether oxygens (including phenoxy) is 1. The summed E-state index contributed by atoms with van der Waals surface area (Å²) >= 11 is 4.79. The van der Waals surface area contributed by atoms with Gasteiger partial charge in [-0.15, -0.1) is 11.3 Å². The van der Waals surface area contributed by atoms with Crippen molar-refractivity contribution in [1.29, 1.82) is 0 Å². The van der Waals surface area contributed by atoms with E-state index in [0.29, 0.717) is 6.54 Å². The van der Waals surface area contributed by atoms with Crippen LogP contribution in [0.5, 0.6) is 0 Å². The van der Waals surface area contributed by atoms with Gasteiger partial charge in [-0.2, -0.15) is 0 Å². The summed E-state index contributed by atoms with van der Waals surface area (Å²) in [6, 6.07) is 3.19. The molecular formula is C9H11BrN4O2S. The Morgan fingerprint density at radius 3 is 3.06 bits per heavy atom. The van der Waals surface area contributed by atoms with Gasteiger partial charge in [-0.1, -0.05) is 5.11 Å². The molecule has 92 valence electrons. The van der Waals surface area contributed by atoms with E-state index >= 15 is 0 Å². The number of halogens is 1. The molecule has 0 aliphatic carbocycles. The molecule has 1 aromatic rings. The maximum Gasteiger partial charge on any atom is 0.328 e. The van der Waals surface area contributed by atoms with Crippen molar-refractivity contribution in [1.82, 2.24) is 5.32 Å². The largest absolute Gasteiger partial charge is 0.468 e. The molecule has 0 fully saturated rings. The van der Waals surface area contributed by atoms with E-state index < -0.39 is 6.04 Å². The van der Waals surface area contributed by atoms with E-state index in [-0.39, 0.29) is 12.5 Å². The second-order valence-corrected chi connectivity index (χ2v) is 5.50. The zero-order chi connectivity index (χ0) is 12.7. The lowest BCUT2D eigenvalue weighted by atomic mass is 10.2. The first-order valence-corrected chi connectivity index (χ1v) is 6.37. The molecular weight excluding hydrogens is 308 g/mol. The van der Waals surface area contributed by atoms with Gasteiger partial charge in [-0.05, 0) is 33.6 Å². The van der Waals surface area contributed by atoms with Crippen LogP contribution in [0.25, 0.3) is 10.4 Å². The van der Waals surface area contributed by atoms with Crippen molar-refractivity contribution in [3.63, 3.8) is 0 Å². The molecule has 0 saturated carbocycles. The summed E-state index contributed by atoms with van der Waals surface area (Å²) in [6.45, 7) is 0.704. The number of nitrogens with one attached hydrogen (secondary N) is 1. The number of thiophene rings is 1. The van der Waals surface area contributed by atoms with Gasteiger partial charge in [-0.3, -0.25) is 5.32 Å². The highest BCUT2D eigenvalue weighted by Crippen LogP contribution is 2.27. The molecule has 0 spiro atoms. The van der Waals surface area contributed by atoms with Crippen LogP contribution in [0.3, 0.4) is 0 Å². The quantitative estimate of drug-likeness (QED) is 0.287. The molecule has 6 nitrogen and oxygen atoms in total. The SMILES string of the molecule is COC(=O)C(NCCN=[N+]=[N-])c1ccc(Br)s1. The summed E-state index contributed by atoms with van der Waals surface area (Å²) in [5.74, 6) is -0.361. The smallest absolute Gasteiger partial charge is 0.328 e. The number of esters is 1. The predicted molar refractivity (Wildman–Crippen MR) is 68.8 cm³/mol. The van der Waals surface area contributed by atoms with Crippen LogP contribution in [0.1, 0.15) is 10.9 Å². The first kappa shape index (κ1) is 14.0. The molecule has 1 atom stereocenters. The molecule has 1 aromatic heterocycles. The number of rotatable bonds is 6. The molecule has 0 aliphatic rings. The molecule has 0 aromatic carbocycles. The van der Waals surface area contributed by atoms with Gasteiger partial charge in [0.1, 0.15) is 6.04 Å². The normalized spacial score (nSPS) is 11.6. The Kier molecular flexibility index (Phi) is 5.99. The van der Waals surface area contributed by atoms with E-state index in [1.165, 1.54) is 18.4 Å². The molecule has 0 amide bonds. The van der Waals surface area contributed by atoms with Gasteiger partial charge in [-0.25, -0.2) is 4.79 Å². The van der Waals surface area contributed by atoms with Gasteiger partial charge in [0, 0.05) is 22.9 Å². The third-order valence-electron chi connectivity index (χ3n) is 1.94. The second kappa shape index (κ2) is 7.29. The maximum absolute atomic E-state index is 11.6. The zero-order valence-electron chi connectivity index (χ0n) is 9.09. The van der Waals surface area contributed by atoms with E-state index in [1.807, 2.05) is 12.1 Å². The molecule has 1 rings (SSSR count). The van der Waals surface area contributed by atoms with Crippen molar-refractivity contribution in [2.24, 2.45) is 5.11 Å². The van der Waals surface area contributed by atoms with Gasteiger partial charge >= 0.3 is 5.97 Å². The fraction of sp³-hybridized carbons (Fsp3) is 0.444. The minimum atomic E-state index is -0.523. The minimum Gasteiger partial charge on any atom is -0.468 e. The average Bonchev–Trinajstić information content (AvgIpc) is 2.75. The van der Waals surface area contributed by atoms with Gasteiger partial charge in [0.25, 0.3) is 0 Å². The Balaban J connectivity index is 2.67. The van der Waals surface area contributed by atoms with Gasteiger partial charge in [0.2, 0.25) is 0 Å². The van der Waals surface area contributed by atoms with Crippen LogP contribution in [0.2, 0.25) is 0 Å². The maximum atomic E-state index is 11.6. The van der Waals surface area contributed by atoms with Crippen molar-refractivity contribution < 1.29 is 9.53 Å². The van der Waals surface area contributed by atoms with E-state index in [9.17, 15) is 4.79 Å². The van der Waals surface area contributed by atoms with Crippen molar-refractivity contribution >= 4 is 33.2 Å². The van der Waals surface area contributed by atoms with Crippen molar-refractivity contribution in [2.75, 3.05) is 20.2 Å². The standard InChI is InChI=1S/C9H11BrN4O2S/c1-16-9(15)8(12-4-5-13-14-11)6-2-3-7(10)17-6/h2-3,8,12H,4-5H2,1H3. The Morgan fingerprint density at radius 2 is 2.53 bits per heavy atom. The molecule has 1 heterocycles. The van der Waals surface area contributed by atoms with E-state index in [2.05, 4.69) is 31.3 Å². The number of hydrogen-bond acceptors (Lipinski definition) is 5. The van der Waals surface area contributed by atoms with Crippen LogP contribution >= 0.6 is 27.3 Å². The summed E-state index contributed by atoms with van der Waals surface area (Å²) in [4.78, 5) is 15.1. The highest BCUT2D eigenvalue weighted by Gasteiger charge is 2.21. The molecule has 0 bridgehead atoms. The van der Waals surface area contributed by atoms with Crippen LogP contribution < -0.4 is 5.32 Å². The summed E-state index contributed by atoms with van der Waals surface area (Å²) in [6.07, 6.45) is 0. The number of methoxy groups -OCH3 is 1. The van der Waals surface area contributed by atoms with E-state index in [1.54, 1.807) is 0 Å². The first-order chi connectivity index (χ1) is 8.19. The lowest BCUT2D eigenvalue weighted by Gasteiger charge is -2.13. The fourth-order valence-electron chi connectivity index (χ4n) is 1.20. The predicted octanol–water partition coefficient (Wildman–Crippen LogP) is 2.62. The molecule has 0 radical (unpaired) electrons. The highest BCUT2D eigenvalue weighted by molar-refractivity contribution is 9.11. The third-order valence-corrected chi connectivity index (χ3v) is 3.63. The number of carbonyl (C=O) groups is 1.